The molecule has 1 atom stereocenters. The molecule has 1 aliphatic heterocycles. The van der Waals surface area contributed by atoms with Gasteiger partial charge in [-0.3, -0.25) is 9.59 Å². The minimum absolute atomic E-state index is 0.0320. The molecule has 1 aromatic heterocycles. The van der Waals surface area contributed by atoms with Crippen LogP contribution in [0.2, 0.25) is 0 Å². The second-order valence-electron chi connectivity index (χ2n) is 7.32. The molecule has 0 saturated carbocycles. The van der Waals surface area contributed by atoms with Crippen LogP contribution in [0.3, 0.4) is 0 Å². The van der Waals surface area contributed by atoms with Crippen molar-refractivity contribution in [2.45, 2.75) is 33.2 Å². The van der Waals surface area contributed by atoms with Gasteiger partial charge in [0, 0.05) is 11.3 Å². The topological polar surface area (TPSA) is 76.0 Å². The van der Waals surface area contributed by atoms with Crippen LogP contribution in [-0.4, -0.2) is 21.6 Å². The highest BCUT2D eigenvalue weighted by molar-refractivity contribution is 6.04. The quantitative estimate of drug-likeness (QED) is 0.701. The number of amides is 2. The van der Waals surface area contributed by atoms with Crippen molar-refractivity contribution in [3.63, 3.8) is 0 Å². The molecule has 1 aliphatic rings. The summed E-state index contributed by atoms with van der Waals surface area (Å²) in [7, 11) is 0. The highest BCUT2D eigenvalue weighted by Crippen LogP contribution is 2.38. The zero-order valence-electron chi connectivity index (χ0n) is 16.4. The molecule has 7 heteroatoms. The van der Waals surface area contributed by atoms with E-state index < -0.39 is 6.04 Å². The highest BCUT2D eigenvalue weighted by Gasteiger charge is 2.36. The number of aryl methyl sites for hydroxylation is 3. The van der Waals surface area contributed by atoms with Crippen molar-refractivity contribution in [2.75, 3.05) is 10.6 Å². The minimum Gasteiger partial charge on any atom is -0.326 e. The Kier molecular flexibility index (Phi) is 4.66. The first-order chi connectivity index (χ1) is 13.8. The third-order valence-corrected chi connectivity index (χ3v) is 5.23. The first kappa shape index (κ1) is 18.9. The van der Waals surface area contributed by atoms with Crippen LogP contribution in [0.15, 0.2) is 42.5 Å². The lowest BCUT2D eigenvalue weighted by Crippen LogP contribution is -2.23. The molecule has 29 heavy (non-hydrogen) atoms. The maximum atomic E-state index is 13.3. The number of aromatic nitrogens is 2. The van der Waals surface area contributed by atoms with Crippen LogP contribution in [0.5, 0.6) is 0 Å². The van der Waals surface area contributed by atoms with E-state index in [1.54, 1.807) is 16.8 Å². The number of rotatable bonds is 4. The summed E-state index contributed by atoms with van der Waals surface area (Å²) in [6, 6.07) is 11.0. The molecule has 0 aliphatic carbocycles. The van der Waals surface area contributed by atoms with Gasteiger partial charge in [0.2, 0.25) is 5.91 Å². The summed E-state index contributed by atoms with van der Waals surface area (Å²) in [6.45, 7) is 5.80. The fourth-order valence-electron chi connectivity index (χ4n) is 3.55. The van der Waals surface area contributed by atoms with Gasteiger partial charge in [-0.15, -0.1) is 0 Å². The Balaban J connectivity index is 1.57. The molecule has 0 radical (unpaired) electrons. The second-order valence-corrected chi connectivity index (χ2v) is 7.32. The molecule has 148 valence electrons. The van der Waals surface area contributed by atoms with Gasteiger partial charge in [-0.05, 0) is 61.7 Å². The van der Waals surface area contributed by atoms with E-state index in [0.29, 0.717) is 17.2 Å². The fourth-order valence-corrected chi connectivity index (χ4v) is 3.55. The van der Waals surface area contributed by atoms with Gasteiger partial charge in [0.25, 0.3) is 5.91 Å². The zero-order valence-corrected chi connectivity index (χ0v) is 16.4. The van der Waals surface area contributed by atoms with Crippen LogP contribution in [0.25, 0.3) is 11.1 Å². The maximum Gasteiger partial charge on any atom is 0.251 e. The number of carbonyl (C=O) groups excluding carboxylic acids is 2. The fraction of sp³-hybridized carbons (Fsp3) is 0.227. The molecule has 2 heterocycles. The SMILES string of the molecule is Cc1ccc(NC(=O)CC2C(=O)Nc3c(-c4ccc(F)cc4)c(C)nn32)cc1C. The first-order valence-corrected chi connectivity index (χ1v) is 9.36. The van der Waals surface area contributed by atoms with Crippen molar-refractivity contribution in [1.82, 2.24) is 9.78 Å². The van der Waals surface area contributed by atoms with Gasteiger partial charge in [0.05, 0.1) is 12.1 Å². The number of nitrogens with one attached hydrogen (secondary N) is 2. The normalized spacial score (nSPS) is 15.2. The van der Waals surface area contributed by atoms with Gasteiger partial charge in [0.1, 0.15) is 17.7 Å². The van der Waals surface area contributed by atoms with E-state index in [-0.39, 0.29) is 24.1 Å². The zero-order chi connectivity index (χ0) is 20.7. The third-order valence-electron chi connectivity index (χ3n) is 5.23. The van der Waals surface area contributed by atoms with E-state index in [2.05, 4.69) is 15.7 Å². The molecule has 2 N–H and O–H groups in total. The minimum atomic E-state index is -0.732. The lowest BCUT2D eigenvalue weighted by Gasteiger charge is -2.11. The van der Waals surface area contributed by atoms with Gasteiger partial charge in [-0.25, -0.2) is 9.07 Å². The van der Waals surface area contributed by atoms with E-state index in [1.807, 2.05) is 39.0 Å². The van der Waals surface area contributed by atoms with Crippen LogP contribution in [0.4, 0.5) is 15.9 Å². The predicted octanol–water partition coefficient (Wildman–Crippen LogP) is 4.14. The van der Waals surface area contributed by atoms with Crippen molar-refractivity contribution >= 4 is 23.3 Å². The van der Waals surface area contributed by atoms with E-state index in [4.69, 9.17) is 0 Å². The Morgan fingerprint density at radius 1 is 1.14 bits per heavy atom. The summed E-state index contributed by atoms with van der Waals surface area (Å²) >= 11 is 0. The van der Waals surface area contributed by atoms with E-state index >= 15 is 0 Å². The van der Waals surface area contributed by atoms with E-state index in [0.717, 1.165) is 22.3 Å². The summed E-state index contributed by atoms with van der Waals surface area (Å²) in [6.07, 6.45) is -0.0320. The largest absolute Gasteiger partial charge is 0.326 e. The predicted molar refractivity (Wildman–Crippen MR) is 109 cm³/mol. The van der Waals surface area contributed by atoms with Gasteiger partial charge in [0.15, 0.2) is 0 Å². The Hall–Kier alpha value is -3.48. The number of halogens is 1. The average Bonchev–Trinajstić information content (AvgIpc) is 3.13. The van der Waals surface area contributed by atoms with Gasteiger partial charge >= 0.3 is 0 Å². The molecule has 0 fully saturated rings. The lowest BCUT2D eigenvalue weighted by molar-refractivity contribution is -0.123. The van der Waals surface area contributed by atoms with Crippen LogP contribution in [0, 0.1) is 26.6 Å². The molecule has 4 rings (SSSR count). The smallest absolute Gasteiger partial charge is 0.251 e. The van der Waals surface area contributed by atoms with Crippen LogP contribution in [0.1, 0.15) is 29.3 Å². The summed E-state index contributed by atoms with van der Waals surface area (Å²) in [5.41, 5.74) is 5.10. The Morgan fingerprint density at radius 3 is 2.55 bits per heavy atom. The molecule has 1 unspecified atom stereocenters. The molecule has 2 aromatic carbocycles. The number of nitrogens with zero attached hydrogens (tertiary/aromatic N) is 2. The van der Waals surface area contributed by atoms with Crippen molar-refractivity contribution in [2.24, 2.45) is 0 Å². The van der Waals surface area contributed by atoms with Crippen LogP contribution < -0.4 is 10.6 Å². The Labute approximate surface area is 167 Å². The second kappa shape index (κ2) is 7.16. The molecular formula is C22H21FN4O2. The van der Waals surface area contributed by atoms with Crippen molar-refractivity contribution in [3.05, 3.63) is 65.1 Å². The maximum absolute atomic E-state index is 13.3. The molecule has 6 nitrogen and oxygen atoms in total. The highest BCUT2D eigenvalue weighted by atomic mass is 19.1. The molecule has 2 amide bonds. The van der Waals surface area contributed by atoms with Crippen molar-refractivity contribution in [3.8, 4) is 11.1 Å². The number of hydrogen-bond acceptors (Lipinski definition) is 3. The van der Waals surface area contributed by atoms with Crippen molar-refractivity contribution < 1.29 is 14.0 Å². The Morgan fingerprint density at radius 2 is 1.86 bits per heavy atom. The monoisotopic (exact) mass is 392 g/mol. The summed E-state index contributed by atoms with van der Waals surface area (Å²) in [5, 5.41) is 10.1. The summed E-state index contributed by atoms with van der Waals surface area (Å²) in [5.74, 6) is -0.355. The van der Waals surface area contributed by atoms with E-state index in [9.17, 15) is 14.0 Å². The average molecular weight is 392 g/mol. The van der Waals surface area contributed by atoms with Gasteiger partial charge in [-0.1, -0.05) is 18.2 Å². The number of anilines is 2. The lowest BCUT2D eigenvalue weighted by atomic mass is 10.1. The van der Waals surface area contributed by atoms with Crippen LogP contribution in [-0.2, 0) is 9.59 Å². The number of fused-ring (bicyclic) bond motifs is 1. The van der Waals surface area contributed by atoms with Gasteiger partial charge in [-0.2, -0.15) is 5.10 Å². The third kappa shape index (κ3) is 3.51. The molecule has 0 bridgehead atoms. The number of carbonyl (C=O) groups is 2. The first-order valence-electron chi connectivity index (χ1n) is 9.36. The summed E-state index contributed by atoms with van der Waals surface area (Å²) in [4.78, 5) is 25.1. The van der Waals surface area contributed by atoms with Gasteiger partial charge < -0.3 is 10.6 Å². The molecule has 0 spiro atoms. The molecule has 3 aromatic rings. The van der Waals surface area contributed by atoms with Crippen molar-refractivity contribution in [1.29, 1.82) is 0 Å². The number of benzene rings is 2. The summed E-state index contributed by atoms with van der Waals surface area (Å²) < 4.78 is 14.8. The Bertz CT molecular complexity index is 1120. The standard InChI is InChI=1S/C22H21FN4O2/c1-12-4-9-17(10-13(12)2)24-19(28)11-18-22(29)25-21-20(14(3)26-27(18)21)15-5-7-16(23)8-6-15/h4-10,18H,11H2,1-3H3,(H,24,28)(H,25,29). The number of hydrogen-bond donors (Lipinski definition) is 2. The molecule has 0 saturated heterocycles. The van der Waals surface area contributed by atoms with E-state index in [1.165, 1.54) is 12.1 Å². The molecular weight excluding hydrogens is 371 g/mol. The van der Waals surface area contributed by atoms with Crippen LogP contribution >= 0.6 is 0 Å².